The molecule has 0 aromatic heterocycles. The Balaban J connectivity index is 1.84. The molecule has 6 heteroatoms. The van der Waals surface area contributed by atoms with Gasteiger partial charge in [0.2, 0.25) is 0 Å². The van der Waals surface area contributed by atoms with Crippen LogP contribution < -0.4 is 10.1 Å². The number of nitrogens with one attached hydrogen (secondary N) is 1. The molecule has 0 radical (unpaired) electrons. The van der Waals surface area contributed by atoms with Crippen molar-refractivity contribution < 1.29 is 14.5 Å². The average Bonchev–Trinajstić information content (AvgIpc) is 2.74. The van der Waals surface area contributed by atoms with Gasteiger partial charge in [0.1, 0.15) is 5.75 Å². The number of rotatable bonds is 8. The van der Waals surface area contributed by atoms with E-state index >= 15 is 0 Å². The van der Waals surface area contributed by atoms with E-state index < -0.39 is 4.92 Å². The second kappa shape index (κ2) is 9.01. The highest BCUT2D eigenvalue weighted by Gasteiger charge is 2.18. The number of aryl methyl sites for hydroxylation is 1. The van der Waals surface area contributed by atoms with Crippen LogP contribution in [0.5, 0.6) is 5.75 Å². The molecule has 0 aliphatic heterocycles. The van der Waals surface area contributed by atoms with Crippen LogP contribution in [-0.2, 0) is 0 Å². The number of hydrogen-bond donors (Lipinski definition) is 1. The summed E-state index contributed by atoms with van der Waals surface area (Å²) in [5.41, 5.74) is 3.39. The van der Waals surface area contributed by atoms with Crippen molar-refractivity contribution in [3.63, 3.8) is 0 Å². The van der Waals surface area contributed by atoms with Gasteiger partial charge in [0.25, 0.3) is 5.69 Å². The maximum absolute atomic E-state index is 12.8. The van der Waals surface area contributed by atoms with Gasteiger partial charge in [0.15, 0.2) is 5.78 Å². The van der Waals surface area contributed by atoms with E-state index in [1.165, 1.54) is 12.1 Å². The van der Waals surface area contributed by atoms with Gasteiger partial charge in [0, 0.05) is 29.8 Å². The number of non-ortho nitro benzene ring substituents is 1. The van der Waals surface area contributed by atoms with Gasteiger partial charge >= 0.3 is 0 Å². The van der Waals surface area contributed by atoms with Crippen molar-refractivity contribution in [1.82, 2.24) is 0 Å². The van der Waals surface area contributed by atoms with Crippen LogP contribution in [0.3, 0.4) is 0 Å². The number of nitro benzene ring substituents is 1. The van der Waals surface area contributed by atoms with E-state index in [0.717, 1.165) is 16.9 Å². The fourth-order valence-corrected chi connectivity index (χ4v) is 3.01. The Hall–Kier alpha value is -3.67. The number of nitrogens with zero attached hydrogens (tertiary/aromatic N) is 1. The van der Waals surface area contributed by atoms with Gasteiger partial charge in [-0.05, 0) is 36.8 Å². The Morgan fingerprint density at radius 1 is 1.00 bits per heavy atom. The molecule has 3 rings (SSSR count). The van der Waals surface area contributed by atoms with Gasteiger partial charge in [-0.2, -0.15) is 0 Å². The molecule has 3 aromatic rings. The lowest BCUT2D eigenvalue weighted by Crippen LogP contribution is -2.16. The lowest BCUT2D eigenvalue weighted by molar-refractivity contribution is -0.384. The smallest absolute Gasteiger partial charge is 0.269 e. The topological polar surface area (TPSA) is 81.5 Å². The van der Waals surface area contributed by atoms with Crippen molar-refractivity contribution in [2.45, 2.75) is 19.4 Å². The second-order valence-electron chi connectivity index (χ2n) is 6.77. The van der Waals surface area contributed by atoms with Gasteiger partial charge in [-0.1, -0.05) is 42.0 Å². The summed E-state index contributed by atoms with van der Waals surface area (Å²) in [6.45, 7) is 1.98. The molecule has 0 saturated carbocycles. The molecule has 148 valence electrons. The van der Waals surface area contributed by atoms with E-state index in [4.69, 9.17) is 4.74 Å². The average molecular weight is 390 g/mol. The van der Waals surface area contributed by atoms with E-state index in [2.05, 4.69) is 5.32 Å². The summed E-state index contributed by atoms with van der Waals surface area (Å²) >= 11 is 0. The summed E-state index contributed by atoms with van der Waals surface area (Å²) in [4.78, 5) is 23.3. The monoisotopic (exact) mass is 390 g/mol. The zero-order valence-corrected chi connectivity index (χ0v) is 16.3. The molecule has 0 spiro atoms. The van der Waals surface area contributed by atoms with E-state index in [0.29, 0.717) is 11.3 Å². The first-order chi connectivity index (χ1) is 14.0. The number of ether oxygens (including phenoxy) is 1. The summed E-state index contributed by atoms with van der Waals surface area (Å²) in [6, 6.07) is 20.9. The van der Waals surface area contributed by atoms with Crippen LogP contribution >= 0.6 is 0 Å². The highest BCUT2D eigenvalue weighted by Crippen LogP contribution is 2.27. The number of ketones is 1. The third kappa shape index (κ3) is 5.19. The normalized spacial score (nSPS) is 11.5. The minimum atomic E-state index is -0.439. The van der Waals surface area contributed by atoms with Gasteiger partial charge < -0.3 is 10.1 Å². The van der Waals surface area contributed by atoms with Crippen molar-refractivity contribution in [2.24, 2.45) is 0 Å². The number of carbonyl (C=O) groups is 1. The highest BCUT2D eigenvalue weighted by atomic mass is 16.6. The van der Waals surface area contributed by atoms with Crippen LogP contribution in [0.25, 0.3) is 0 Å². The predicted molar refractivity (Wildman–Crippen MR) is 113 cm³/mol. The van der Waals surface area contributed by atoms with E-state index in [-0.39, 0.29) is 23.9 Å². The molecule has 29 heavy (non-hydrogen) atoms. The Bertz CT molecular complexity index is 981. The third-order valence-corrected chi connectivity index (χ3v) is 4.70. The summed E-state index contributed by atoms with van der Waals surface area (Å²) in [5, 5.41) is 14.2. The molecule has 1 N–H and O–H groups in total. The maximum Gasteiger partial charge on any atom is 0.269 e. The SMILES string of the molecule is COc1ccc([C@H](CC(=O)c2ccc(C)cc2)Nc2ccc([N+](=O)[O-])cc2)cc1. The zero-order chi connectivity index (χ0) is 20.8. The van der Waals surface area contributed by atoms with Crippen LogP contribution in [0.4, 0.5) is 11.4 Å². The molecule has 6 nitrogen and oxygen atoms in total. The molecular weight excluding hydrogens is 368 g/mol. The van der Waals surface area contributed by atoms with Crippen LogP contribution in [0.15, 0.2) is 72.8 Å². The van der Waals surface area contributed by atoms with Gasteiger partial charge in [-0.25, -0.2) is 0 Å². The number of anilines is 1. The van der Waals surface area contributed by atoms with E-state index in [9.17, 15) is 14.9 Å². The fourth-order valence-electron chi connectivity index (χ4n) is 3.01. The molecule has 0 heterocycles. The number of carbonyl (C=O) groups excluding carboxylic acids is 1. The molecule has 1 atom stereocenters. The van der Waals surface area contributed by atoms with Crippen molar-refractivity contribution in [2.75, 3.05) is 12.4 Å². The zero-order valence-electron chi connectivity index (χ0n) is 16.3. The third-order valence-electron chi connectivity index (χ3n) is 4.70. The Labute approximate surface area is 169 Å². The van der Waals surface area contributed by atoms with Gasteiger partial charge in [-0.15, -0.1) is 0 Å². The first kappa shape index (κ1) is 20.1. The van der Waals surface area contributed by atoms with Crippen LogP contribution in [-0.4, -0.2) is 17.8 Å². The molecule has 3 aromatic carbocycles. The van der Waals surface area contributed by atoms with Gasteiger partial charge in [0.05, 0.1) is 18.1 Å². The van der Waals surface area contributed by atoms with Crippen LogP contribution in [0.2, 0.25) is 0 Å². The maximum atomic E-state index is 12.8. The summed E-state index contributed by atoms with van der Waals surface area (Å²) in [5.74, 6) is 0.743. The van der Waals surface area contributed by atoms with Crippen LogP contribution in [0.1, 0.15) is 33.9 Å². The minimum Gasteiger partial charge on any atom is -0.497 e. The second-order valence-corrected chi connectivity index (χ2v) is 6.77. The molecule has 0 fully saturated rings. The molecule has 0 aliphatic carbocycles. The summed E-state index contributed by atoms with van der Waals surface area (Å²) < 4.78 is 5.21. The first-order valence-corrected chi connectivity index (χ1v) is 9.21. The molecule has 0 unspecified atom stereocenters. The number of Topliss-reactive ketones (excluding diaryl/α,β-unsaturated/α-hetero) is 1. The fraction of sp³-hybridized carbons (Fsp3) is 0.174. The Morgan fingerprint density at radius 3 is 2.17 bits per heavy atom. The number of methoxy groups -OCH3 is 1. The molecule has 0 saturated heterocycles. The van der Waals surface area contributed by atoms with Crippen molar-refractivity contribution in [3.8, 4) is 5.75 Å². The lowest BCUT2D eigenvalue weighted by Gasteiger charge is -2.20. The molecule has 0 bridgehead atoms. The molecular formula is C23H22N2O4. The van der Waals surface area contributed by atoms with Crippen molar-refractivity contribution >= 4 is 17.2 Å². The van der Waals surface area contributed by atoms with Gasteiger partial charge in [-0.3, -0.25) is 14.9 Å². The standard InChI is InChI=1S/C23H22N2O4/c1-16-3-5-18(6-4-16)23(26)15-22(17-7-13-21(29-2)14-8-17)24-19-9-11-20(12-10-19)25(27)28/h3-14,22,24H,15H2,1-2H3/t22-/m0/s1. The quantitative estimate of drug-likeness (QED) is 0.319. The first-order valence-electron chi connectivity index (χ1n) is 9.21. The highest BCUT2D eigenvalue weighted by molar-refractivity contribution is 5.96. The summed E-state index contributed by atoms with van der Waals surface area (Å²) in [7, 11) is 1.60. The Kier molecular flexibility index (Phi) is 6.24. The minimum absolute atomic E-state index is 0.0141. The Morgan fingerprint density at radius 2 is 1.62 bits per heavy atom. The number of hydrogen-bond acceptors (Lipinski definition) is 5. The summed E-state index contributed by atoms with van der Waals surface area (Å²) in [6.07, 6.45) is 0.242. The number of nitro groups is 1. The van der Waals surface area contributed by atoms with E-state index in [1.807, 2.05) is 55.5 Å². The van der Waals surface area contributed by atoms with E-state index in [1.54, 1.807) is 19.2 Å². The van der Waals surface area contributed by atoms with Crippen molar-refractivity contribution in [1.29, 1.82) is 0 Å². The molecule has 0 amide bonds. The van der Waals surface area contributed by atoms with Crippen LogP contribution in [0, 0.1) is 17.0 Å². The predicted octanol–water partition coefficient (Wildman–Crippen LogP) is 5.34. The lowest BCUT2D eigenvalue weighted by atomic mass is 9.97. The van der Waals surface area contributed by atoms with Crippen molar-refractivity contribution in [3.05, 3.63) is 99.6 Å². The largest absolute Gasteiger partial charge is 0.497 e. The number of benzene rings is 3. The molecule has 0 aliphatic rings.